The van der Waals surface area contributed by atoms with Crippen LogP contribution in [0.15, 0.2) is 40.0 Å². The summed E-state index contributed by atoms with van der Waals surface area (Å²) in [7, 11) is 0. The molecule has 25 heavy (non-hydrogen) atoms. The van der Waals surface area contributed by atoms with E-state index >= 15 is 0 Å². The minimum absolute atomic E-state index is 0.199. The Balaban J connectivity index is 2.66. The summed E-state index contributed by atoms with van der Waals surface area (Å²) in [6.45, 7) is 6.83. The number of nitrogens with zero attached hydrogens (tertiary/aromatic N) is 1. The van der Waals surface area contributed by atoms with E-state index < -0.39 is 29.7 Å². The highest BCUT2D eigenvalue weighted by Crippen LogP contribution is 2.42. The van der Waals surface area contributed by atoms with Crippen LogP contribution in [0, 0.1) is 5.82 Å². The summed E-state index contributed by atoms with van der Waals surface area (Å²) in [4.78, 5) is 24.9. The maximum atomic E-state index is 13.3. The Morgan fingerprint density at radius 3 is 2.36 bits per heavy atom. The zero-order valence-electron chi connectivity index (χ0n) is 14.3. The molecule has 2 rings (SSSR count). The summed E-state index contributed by atoms with van der Waals surface area (Å²) in [5.74, 6) is -2.10. The molecule has 0 N–H and O–H groups in total. The van der Waals surface area contributed by atoms with E-state index in [1.165, 1.54) is 16.6 Å². The van der Waals surface area contributed by atoms with Gasteiger partial charge >= 0.3 is 5.97 Å². The lowest BCUT2D eigenvalue weighted by molar-refractivity contribution is -0.155. The van der Waals surface area contributed by atoms with Gasteiger partial charge in [-0.1, -0.05) is 12.1 Å². The Kier molecular flexibility index (Phi) is 6.06. The van der Waals surface area contributed by atoms with Crippen LogP contribution in [0.4, 0.5) is 4.39 Å². The van der Waals surface area contributed by atoms with E-state index in [0.29, 0.717) is 21.3 Å². The van der Waals surface area contributed by atoms with Gasteiger partial charge in [-0.15, -0.1) is 0 Å². The van der Waals surface area contributed by atoms with Crippen LogP contribution < -0.4 is 0 Å². The van der Waals surface area contributed by atoms with Crippen molar-refractivity contribution in [3.05, 3.63) is 51.4 Å². The van der Waals surface area contributed by atoms with Gasteiger partial charge in [0.1, 0.15) is 5.82 Å². The number of rotatable bonds is 4. The number of hydrogen-bond acceptors (Lipinski definition) is 4. The maximum absolute atomic E-state index is 13.3. The number of carbonyl (C=O) groups is 2. The molecule has 1 aliphatic rings. The Labute approximate surface area is 159 Å². The second kappa shape index (κ2) is 7.70. The van der Waals surface area contributed by atoms with Crippen LogP contribution in [0.1, 0.15) is 33.3 Å². The van der Waals surface area contributed by atoms with Crippen molar-refractivity contribution in [2.24, 2.45) is 0 Å². The van der Waals surface area contributed by atoms with Crippen LogP contribution in [-0.2, 0) is 14.3 Å². The van der Waals surface area contributed by atoms with Gasteiger partial charge in [0.05, 0.1) is 12.1 Å². The second-order valence-corrected chi connectivity index (χ2v) is 7.12. The molecule has 4 nitrogen and oxygen atoms in total. The van der Waals surface area contributed by atoms with E-state index in [9.17, 15) is 14.0 Å². The van der Waals surface area contributed by atoms with Crippen molar-refractivity contribution < 1.29 is 18.7 Å². The number of halogens is 3. The molecule has 1 unspecified atom stereocenters. The molecule has 0 radical (unpaired) electrons. The third-order valence-corrected chi connectivity index (χ3v) is 5.31. The number of Topliss-reactive ketones (excluding diaryl/α,β-unsaturated/α-hetero) is 1. The van der Waals surface area contributed by atoms with E-state index in [4.69, 9.17) is 16.5 Å². The molecule has 1 aromatic rings. The first-order chi connectivity index (χ1) is 11.6. The first-order valence-corrected chi connectivity index (χ1v) is 8.85. The molecule has 0 saturated carbocycles. The van der Waals surface area contributed by atoms with Crippen molar-refractivity contribution in [3.63, 3.8) is 0 Å². The predicted octanol–water partition coefficient (Wildman–Crippen LogP) is 4.58. The molecule has 0 aromatic heterocycles. The average molecular weight is 431 g/mol. The van der Waals surface area contributed by atoms with Gasteiger partial charge in [0, 0.05) is 33.1 Å². The topological polar surface area (TPSA) is 46.6 Å². The minimum Gasteiger partial charge on any atom is -0.457 e. The molecule has 0 fully saturated rings. The lowest BCUT2D eigenvalue weighted by atomic mass is 9.89. The monoisotopic (exact) mass is 429 g/mol. The summed E-state index contributed by atoms with van der Waals surface area (Å²) in [6.07, 6.45) is -0.418. The average Bonchev–Trinajstić information content (AvgIpc) is 2.56. The summed E-state index contributed by atoms with van der Waals surface area (Å²) in [5.41, 5.74) is 1.99. The van der Waals surface area contributed by atoms with Crippen LogP contribution in [0.2, 0.25) is 0 Å². The number of benzene rings is 1. The summed E-state index contributed by atoms with van der Waals surface area (Å²) in [5, 5.41) is 0. The van der Waals surface area contributed by atoms with Gasteiger partial charge in [-0.2, -0.15) is 0 Å². The van der Waals surface area contributed by atoms with E-state index in [0.717, 1.165) is 0 Å². The number of ether oxygens (including phenoxy) is 1. The Morgan fingerprint density at radius 2 is 1.84 bits per heavy atom. The summed E-state index contributed by atoms with van der Waals surface area (Å²) >= 11 is 9.74. The molecule has 1 heterocycles. The molecular weight excluding hydrogens is 413 g/mol. The first kappa shape index (κ1) is 19.7. The molecule has 7 heteroatoms. The van der Waals surface area contributed by atoms with Crippen molar-refractivity contribution in [2.45, 2.75) is 39.8 Å². The Bertz CT molecular complexity index is 771. The van der Waals surface area contributed by atoms with Crippen molar-refractivity contribution >= 4 is 45.0 Å². The van der Waals surface area contributed by atoms with Gasteiger partial charge in [0.25, 0.3) is 5.78 Å². The number of ketones is 1. The zero-order valence-corrected chi connectivity index (χ0v) is 16.6. The summed E-state index contributed by atoms with van der Waals surface area (Å²) < 4.78 is 20.3. The fourth-order valence-electron chi connectivity index (χ4n) is 2.59. The Hall–Kier alpha value is -1.66. The molecular formula is C18H18BrClFNO3. The molecule has 0 bridgehead atoms. The van der Waals surface area contributed by atoms with Gasteiger partial charge in [-0.25, -0.2) is 9.18 Å². The third kappa shape index (κ3) is 3.96. The minimum atomic E-state index is -0.943. The number of carbonyl (C=O) groups excluding carboxylic acids is 2. The summed E-state index contributed by atoms with van der Waals surface area (Å²) in [6, 6.07) is 5.14. The predicted molar refractivity (Wildman–Crippen MR) is 98.3 cm³/mol. The molecule has 134 valence electrons. The molecule has 0 aliphatic carbocycles. The molecule has 1 aromatic carbocycles. The normalized spacial score (nSPS) is 18.1. The van der Waals surface area contributed by atoms with Crippen molar-refractivity contribution in [3.8, 4) is 0 Å². The number of esters is 1. The largest absolute Gasteiger partial charge is 0.457 e. The van der Waals surface area contributed by atoms with E-state index in [-0.39, 0.29) is 5.57 Å². The van der Waals surface area contributed by atoms with Crippen LogP contribution in [0.3, 0.4) is 0 Å². The van der Waals surface area contributed by atoms with Gasteiger partial charge < -0.3 is 4.74 Å². The second-order valence-electron chi connectivity index (χ2n) is 5.97. The highest BCUT2D eigenvalue weighted by molar-refractivity contribution is 9.12. The van der Waals surface area contributed by atoms with Crippen LogP contribution in [0.5, 0.6) is 0 Å². The smallest absolute Gasteiger partial charge is 0.379 e. The Morgan fingerprint density at radius 1 is 1.28 bits per heavy atom. The fourth-order valence-corrected chi connectivity index (χ4v) is 3.50. The highest BCUT2D eigenvalue weighted by atomic mass is 79.9. The van der Waals surface area contributed by atoms with Crippen LogP contribution in [-0.4, -0.2) is 28.3 Å². The fraction of sp³-hybridized carbons (Fsp3) is 0.333. The van der Waals surface area contributed by atoms with E-state index in [1.807, 2.05) is 0 Å². The van der Waals surface area contributed by atoms with Crippen LogP contribution in [0.25, 0.3) is 5.57 Å². The standard InChI is InChI=1S/C18H18BrClFNO3/c1-9(2)25-18(24)17(23)14-10(3)22(20)11(4)16(19)15(14)12-5-7-13(21)8-6-12/h5-10H,1-4H3. The van der Waals surface area contributed by atoms with Gasteiger partial charge in [-0.3, -0.25) is 9.21 Å². The van der Waals surface area contributed by atoms with Crippen molar-refractivity contribution in [1.29, 1.82) is 0 Å². The zero-order chi connectivity index (χ0) is 18.9. The SMILES string of the molecule is CC1=C(Br)C(c2ccc(F)cc2)=C(C(=O)C(=O)OC(C)C)C(C)N1Cl. The molecule has 0 spiro atoms. The van der Waals surface area contributed by atoms with Crippen molar-refractivity contribution in [1.82, 2.24) is 4.42 Å². The van der Waals surface area contributed by atoms with Gasteiger partial charge in [0.15, 0.2) is 0 Å². The van der Waals surface area contributed by atoms with Crippen molar-refractivity contribution in [2.75, 3.05) is 0 Å². The highest BCUT2D eigenvalue weighted by Gasteiger charge is 2.37. The van der Waals surface area contributed by atoms with Gasteiger partial charge in [-0.05, 0) is 61.3 Å². The lowest BCUT2D eigenvalue weighted by Crippen LogP contribution is -2.36. The van der Waals surface area contributed by atoms with Gasteiger partial charge in [0.2, 0.25) is 0 Å². The quantitative estimate of drug-likeness (QED) is 0.398. The maximum Gasteiger partial charge on any atom is 0.379 e. The number of allylic oxidation sites excluding steroid dienone is 3. The lowest BCUT2D eigenvalue weighted by Gasteiger charge is -2.33. The molecule has 1 aliphatic heterocycles. The molecule has 0 amide bonds. The molecule has 1 atom stereocenters. The first-order valence-electron chi connectivity index (χ1n) is 7.72. The van der Waals surface area contributed by atoms with E-state index in [1.54, 1.807) is 39.8 Å². The van der Waals surface area contributed by atoms with E-state index in [2.05, 4.69) is 15.9 Å². The third-order valence-electron chi connectivity index (χ3n) is 3.79. The van der Waals surface area contributed by atoms with Crippen LogP contribution >= 0.6 is 27.7 Å². The molecule has 0 saturated heterocycles. The number of hydrogen-bond donors (Lipinski definition) is 0.